The highest BCUT2D eigenvalue weighted by molar-refractivity contribution is 5.43. The maximum atomic E-state index is 5.42. The summed E-state index contributed by atoms with van der Waals surface area (Å²) in [5.41, 5.74) is 1.08. The van der Waals surface area contributed by atoms with Crippen molar-refractivity contribution in [3.63, 3.8) is 0 Å². The van der Waals surface area contributed by atoms with Gasteiger partial charge in [0.25, 0.3) is 0 Å². The molecule has 1 aromatic carbocycles. The first-order chi connectivity index (χ1) is 9.36. The minimum atomic E-state index is 0.0868. The maximum Gasteiger partial charge on any atom is 0.249 e. The molecule has 1 fully saturated rings. The highest BCUT2D eigenvalue weighted by Gasteiger charge is 2.26. The third-order valence-electron chi connectivity index (χ3n) is 3.75. The van der Waals surface area contributed by atoms with Crippen LogP contribution in [-0.2, 0) is 0 Å². The molecule has 19 heavy (non-hydrogen) atoms. The summed E-state index contributed by atoms with van der Waals surface area (Å²) in [5.74, 6) is 2.11. The number of rotatable bonds is 5. The number of aromatic nitrogens is 2. The summed E-state index contributed by atoms with van der Waals surface area (Å²) < 4.78 is 5.42. The summed E-state index contributed by atoms with van der Waals surface area (Å²) in [4.78, 5) is 4.56. The fourth-order valence-electron chi connectivity index (χ4n) is 2.30. The van der Waals surface area contributed by atoms with Crippen LogP contribution in [0.5, 0.6) is 0 Å². The van der Waals surface area contributed by atoms with E-state index in [4.69, 9.17) is 4.52 Å². The molecule has 1 aromatic heterocycles. The molecule has 0 bridgehead atoms. The molecule has 0 aliphatic heterocycles. The van der Waals surface area contributed by atoms with E-state index in [0.717, 1.165) is 17.9 Å². The van der Waals surface area contributed by atoms with Crippen molar-refractivity contribution in [2.75, 3.05) is 5.32 Å². The average Bonchev–Trinajstić information content (AvgIpc) is 2.84. The number of hydrogen-bond donors (Lipinski definition) is 1. The van der Waals surface area contributed by atoms with E-state index in [1.54, 1.807) is 0 Å². The summed E-state index contributed by atoms with van der Waals surface area (Å²) in [6.45, 7) is 2.12. The summed E-state index contributed by atoms with van der Waals surface area (Å²) in [5, 5.41) is 7.56. The third-order valence-corrected chi connectivity index (χ3v) is 3.75. The van der Waals surface area contributed by atoms with Crippen LogP contribution in [0.15, 0.2) is 34.9 Å². The Kier molecular flexibility index (Phi) is 3.49. The SMILES string of the molecule is CCC(Nc1ccccc1)c1nc(C2CCC2)no1. The fraction of sp³-hybridized carbons (Fsp3) is 0.467. The smallest absolute Gasteiger partial charge is 0.249 e. The topological polar surface area (TPSA) is 51.0 Å². The minimum Gasteiger partial charge on any atom is -0.374 e. The van der Waals surface area contributed by atoms with Gasteiger partial charge in [0.2, 0.25) is 5.89 Å². The van der Waals surface area contributed by atoms with Crippen LogP contribution in [0.2, 0.25) is 0 Å². The van der Waals surface area contributed by atoms with Crippen LogP contribution < -0.4 is 5.32 Å². The van der Waals surface area contributed by atoms with Crippen molar-refractivity contribution in [2.24, 2.45) is 0 Å². The summed E-state index contributed by atoms with van der Waals surface area (Å²) >= 11 is 0. The number of benzene rings is 1. The van der Waals surface area contributed by atoms with E-state index in [0.29, 0.717) is 11.8 Å². The van der Waals surface area contributed by atoms with E-state index < -0.39 is 0 Å². The number of nitrogens with one attached hydrogen (secondary N) is 1. The molecular weight excluding hydrogens is 238 g/mol. The lowest BCUT2D eigenvalue weighted by molar-refractivity contribution is 0.337. The quantitative estimate of drug-likeness (QED) is 0.882. The Morgan fingerprint density at radius 1 is 1.32 bits per heavy atom. The molecule has 1 heterocycles. The average molecular weight is 257 g/mol. The molecule has 100 valence electrons. The van der Waals surface area contributed by atoms with Gasteiger partial charge >= 0.3 is 0 Å². The molecule has 1 atom stereocenters. The molecule has 3 rings (SSSR count). The van der Waals surface area contributed by atoms with Gasteiger partial charge < -0.3 is 9.84 Å². The predicted molar refractivity (Wildman–Crippen MR) is 74.0 cm³/mol. The van der Waals surface area contributed by atoms with Crippen LogP contribution in [0.25, 0.3) is 0 Å². The second kappa shape index (κ2) is 5.43. The zero-order chi connectivity index (χ0) is 13.1. The molecule has 2 aromatic rings. The van der Waals surface area contributed by atoms with Crippen LogP contribution in [0, 0.1) is 0 Å². The Balaban J connectivity index is 1.72. The lowest BCUT2D eigenvalue weighted by atomic mass is 9.85. The Bertz CT molecular complexity index is 519. The second-order valence-corrected chi connectivity index (χ2v) is 5.09. The molecule has 1 aliphatic carbocycles. The highest BCUT2D eigenvalue weighted by Crippen LogP contribution is 2.35. The molecule has 0 radical (unpaired) electrons. The Labute approximate surface area is 113 Å². The Morgan fingerprint density at radius 2 is 2.11 bits per heavy atom. The zero-order valence-electron chi connectivity index (χ0n) is 11.2. The van der Waals surface area contributed by atoms with Gasteiger partial charge in [0.05, 0.1) is 0 Å². The van der Waals surface area contributed by atoms with Crippen LogP contribution in [0.3, 0.4) is 0 Å². The molecule has 4 nitrogen and oxygen atoms in total. The zero-order valence-corrected chi connectivity index (χ0v) is 11.2. The Morgan fingerprint density at radius 3 is 2.74 bits per heavy atom. The third kappa shape index (κ3) is 2.62. The number of nitrogens with zero attached hydrogens (tertiary/aromatic N) is 2. The standard InChI is InChI=1S/C15H19N3O/c1-2-13(16-12-9-4-3-5-10-12)15-17-14(18-19-15)11-7-6-8-11/h3-5,9-11,13,16H,2,6-8H2,1H3. The van der Waals surface area contributed by atoms with Crippen molar-refractivity contribution in [3.8, 4) is 0 Å². The lowest BCUT2D eigenvalue weighted by Crippen LogP contribution is -2.12. The van der Waals surface area contributed by atoms with Gasteiger partial charge in [0, 0.05) is 11.6 Å². The van der Waals surface area contributed by atoms with Crippen molar-refractivity contribution in [1.82, 2.24) is 10.1 Å². The minimum absolute atomic E-state index is 0.0868. The largest absolute Gasteiger partial charge is 0.374 e. The molecule has 1 unspecified atom stereocenters. The first-order valence-electron chi connectivity index (χ1n) is 7.02. The van der Waals surface area contributed by atoms with Crippen LogP contribution in [0.4, 0.5) is 5.69 Å². The van der Waals surface area contributed by atoms with E-state index in [1.807, 2.05) is 30.3 Å². The first-order valence-corrected chi connectivity index (χ1v) is 7.02. The van der Waals surface area contributed by atoms with Gasteiger partial charge in [0.1, 0.15) is 6.04 Å². The Hall–Kier alpha value is -1.84. The molecule has 4 heteroatoms. The van der Waals surface area contributed by atoms with Gasteiger partial charge in [-0.25, -0.2) is 0 Å². The van der Waals surface area contributed by atoms with Gasteiger partial charge in [-0.05, 0) is 31.4 Å². The second-order valence-electron chi connectivity index (χ2n) is 5.09. The van der Waals surface area contributed by atoms with Crippen molar-refractivity contribution < 1.29 is 4.52 Å². The van der Waals surface area contributed by atoms with Gasteiger partial charge in [-0.1, -0.05) is 36.7 Å². The summed E-state index contributed by atoms with van der Waals surface area (Å²) in [6, 6.07) is 10.2. The molecule has 0 saturated heterocycles. The van der Waals surface area contributed by atoms with Gasteiger partial charge in [-0.3, -0.25) is 0 Å². The van der Waals surface area contributed by atoms with Gasteiger partial charge in [-0.15, -0.1) is 0 Å². The van der Waals surface area contributed by atoms with E-state index >= 15 is 0 Å². The van der Waals surface area contributed by atoms with Crippen molar-refractivity contribution in [3.05, 3.63) is 42.0 Å². The first kappa shape index (κ1) is 12.2. The van der Waals surface area contributed by atoms with E-state index in [9.17, 15) is 0 Å². The van der Waals surface area contributed by atoms with Crippen LogP contribution in [-0.4, -0.2) is 10.1 Å². The number of anilines is 1. The number of para-hydroxylation sites is 1. The molecule has 0 amide bonds. The number of hydrogen-bond acceptors (Lipinski definition) is 4. The van der Waals surface area contributed by atoms with Crippen LogP contribution in [0.1, 0.15) is 56.3 Å². The monoisotopic (exact) mass is 257 g/mol. The molecule has 1 aliphatic rings. The summed E-state index contributed by atoms with van der Waals surface area (Å²) in [6.07, 6.45) is 4.60. The predicted octanol–water partition coefficient (Wildman–Crippen LogP) is 3.90. The van der Waals surface area contributed by atoms with Crippen molar-refractivity contribution in [1.29, 1.82) is 0 Å². The van der Waals surface area contributed by atoms with E-state index in [2.05, 4.69) is 22.4 Å². The van der Waals surface area contributed by atoms with Crippen LogP contribution >= 0.6 is 0 Å². The highest BCUT2D eigenvalue weighted by atomic mass is 16.5. The maximum absolute atomic E-state index is 5.42. The molecule has 0 spiro atoms. The van der Waals surface area contributed by atoms with Crippen molar-refractivity contribution >= 4 is 5.69 Å². The normalized spacial score (nSPS) is 16.9. The van der Waals surface area contributed by atoms with Gasteiger partial charge in [0.15, 0.2) is 5.82 Å². The molecular formula is C15H19N3O. The molecule has 1 saturated carbocycles. The van der Waals surface area contributed by atoms with Gasteiger partial charge in [-0.2, -0.15) is 4.98 Å². The molecule has 1 N–H and O–H groups in total. The lowest BCUT2D eigenvalue weighted by Gasteiger charge is -2.21. The van der Waals surface area contributed by atoms with E-state index in [-0.39, 0.29) is 6.04 Å². The van der Waals surface area contributed by atoms with Crippen molar-refractivity contribution in [2.45, 2.75) is 44.6 Å². The fourth-order valence-corrected chi connectivity index (χ4v) is 2.30. The van der Waals surface area contributed by atoms with E-state index in [1.165, 1.54) is 19.3 Å². The summed E-state index contributed by atoms with van der Waals surface area (Å²) in [7, 11) is 0.